The summed E-state index contributed by atoms with van der Waals surface area (Å²) in [6.07, 6.45) is 5.16. The molecule has 0 spiro atoms. The highest BCUT2D eigenvalue weighted by atomic mass is 32.2. The summed E-state index contributed by atoms with van der Waals surface area (Å²) in [5.41, 5.74) is 2.23. The van der Waals surface area contributed by atoms with Gasteiger partial charge < -0.3 is 5.32 Å². The van der Waals surface area contributed by atoms with Crippen LogP contribution in [0.4, 0.5) is 5.69 Å². The van der Waals surface area contributed by atoms with Crippen molar-refractivity contribution >= 4 is 17.4 Å². The van der Waals surface area contributed by atoms with E-state index in [1.54, 1.807) is 0 Å². The quantitative estimate of drug-likeness (QED) is 0.733. The Morgan fingerprint density at radius 2 is 2.38 bits per heavy atom. The fourth-order valence-corrected chi connectivity index (χ4v) is 1.54. The predicted octanol–water partition coefficient (Wildman–Crippen LogP) is 2.56. The highest BCUT2D eigenvalue weighted by Crippen LogP contribution is 2.10. The van der Waals surface area contributed by atoms with Crippen LogP contribution in [0, 0.1) is 6.92 Å². The number of hydrogen-bond acceptors (Lipinski definition) is 3. The van der Waals surface area contributed by atoms with E-state index in [1.807, 2.05) is 30.9 Å². The molecule has 0 aliphatic carbocycles. The number of aromatic nitrogens is 1. The van der Waals surface area contributed by atoms with Crippen LogP contribution < -0.4 is 5.32 Å². The van der Waals surface area contributed by atoms with Gasteiger partial charge in [0.25, 0.3) is 0 Å². The zero-order valence-corrected chi connectivity index (χ0v) is 9.03. The highest BCUT2D eigenvalue weighted by molar-refractivity contribution is 7.98. The van der Waals surface area contributed by atoms with Gasteiger partial charge in [-0.05, 0) is 37.5 Å². The summed E-state index contributed by atoms with van der Waals surface area (Å²) in [6.45, 7) is 3.06. The molecular formula is C10H16N2S. The van der Waals surface area contributed by atoms with E-state index >= 15 is 0 Å². The Labute approximate surface area is 84.1 Å². The molecule has 1 rings (SSSR count). The minimum absolute atomic E-state index is 1.04. The fraction of sp³-hybridized carbons (Fsp3) is 0.500. The maximum atomic E-state index is 4.21. The molecule has 0 aliphatic heterocycles. The Kier molecular flexibility index (Phi) is 4.68. The van der Waals surface area contributed by atoms with Crippen molar-refractivity contribution in [2.45, 2.75) is 13.3 Å². The minimum Gasteiger partial charge on any atom is -0.384 e. The molecule has 13 heavy (non-hydrogen) atoms. The lowest BCUT2D eigenvalue weighted by atomic mass is 10.3. The Morgan fingerprint density at radius 3 is 3.08 bits per heavy atom. The van der Waals surface area contributed by atoms with Gasteiger partial charge in [-0.2, -0.15) is 11.8 Å². The molecule has 1 heterocycles. The standard InChI is InChI=1S/C10H16N2S/c1-9-10(5-3-6-11-9)12-7-4-8-13-2/h3,5-6,12H,4,7-8H2,1-2H3. The van der Waals surface area contributed by atoms with Crippen LogP contribution in [-0.4, -0.2) is 23.5 Å². The van der Waals surface area contributed by atoms with E-state index in [0.717, 1.165) is 17.9 Å². The van der Waals surface area contributed by atoms with Crippen LogP contribution in [0.5, 0.6) is 0 Å². The Morgan fingerprint density at radius 1 is 1.54 bits per heavy atom. The van der Waals surface area contributed by atoms with Gasteiger partial charge in [-0.1, -0.05) is 0 Å². The molecule has 0 fully saturated rings. The molecule has 2 nitrogen and oxygen atoms in total. The van der Waals surface area contributed by atoms with Gasteiger partial charge in [0.15, 0.2) is 0 Å². The second kappa shape index (κ2) is 5.86. The Hall–Kier alpha value is -0.700. The molecular weight excluding hydrogens is 180 g/mol. The van der Waals surface area contributed by atoms with E-state index in [-0.39, 0.29) is 0 Å². The summed E-state index contributed by atoms with van der Waals surface area (Å²) in [6, 6.07) is 4.03. The van der Waals surface area contributed by atoms with Crippen molar-refractivity contribution in [1.29, 1.82) is 0 Å². The van der Waals surface area contributed by atoms with Crippen LogP contribution in [-0.2, 0) is 0 Å². The van der Waals surface area contributed by atoms with Crippen molar-refractivity contribution in [3.63, 3.8) is 0 Å². The first-order valence-electron chi connectivity index (χ1n) is 4.49. The average Bonchev–Trinajstić information content (AvgIpc) is 2.15. The monoisotopic (exact) mass is 196 g/mol. The summed E-state index contributed by atoms with van der Waals surface area (Å²) >= 11 is 1.89. The summed E-state index contributed by atoms with van der Waals surface area (Å²) < 4.78 is 0. The zero-order chi connectivity index (χ0) is 9.52. The third-order valence-electron chi connectivity index (χ3n) is 1.85. The SMILES string of the molecule is CSCCCNc1cccnc1C. The largest absolute Gasteiger partial charge is 0.384 e. The molecule has 0 unspecified atom stereocenters. The van der Waals surface area contributed by atoms with E-state index in [4.69, 9.17) is 0 Å². The Bertz CT molecular complexity index is 250. The lowest BCUT2D eigenvalue weighted by molar-refractivity contribution is 0.985. The summed E-state index contributed by atoms with van der Waals surface area (Å²) in [4.78, 5) is 4.21. The molecule has 0 aliphatic rings. The van der Waals surface area contributed by atoms with Crippen LogP contribution in [0.1, 0.15) is 12.1 Å². The first-order valence-corrected chi connectivity index (χ1v) is 5.88. The average molecular weight is 196 g/mol. The third-order valence-corrected chi connectivity index (χ3v) is 2.54. The van der Waals surface area contributed by atoms with E-state index in [0.29, 0.717) is 0 Å². The second-order valence-corrected chi connectivity index (χ2v) is 3.90. The molecule has 0 aromatic carbocycles. The molecule has 1 aromatic rings. The van der Waals surface area contributed by atoms with Gasteiger partial charge in [0, 0.05) is 12.7 Å². The topological polar surface area (TPSA) is 24.9 Å². The number of aryl methyl sites for hydroxylation is 1. The van der Waals surface area contributed by atoms with Gasteiger partial charge in [0.2, 0.25) is 0 Å². The van der Waals surface area contributed by atoms with Crippen molar-refractivity contribution in [3.05, 3.63) is 24.0 Å². The van der Waals surface area contributed by atoms with Crippen LogP contribution in [0.25, 0.3) is 0 Å². The van der Waals surface area contributed by atoms with Gasteiger partial charge in [0.1, 0.15) is 0 Å². The smallest absolute Gasteiger partial charge is 0.0603 e. The first-order chi connectivity index (χ1) is 6.34. The normalized spacial score (nSPS) is 10.0. The lowest BCUT2D eigenvalue weighted by Gasteiger charge is -2.07. The number of anilines is 1. The number of rotatable bonds is 5. The lowest BCUT2D eigenvalue weighted by Crippen LogP contribution is -2.04. The highest BCUT2D eigenvalue weighted by Gasteiger charge is 1.95. The molecule has 1 aromatic heterocycles. The molecule has 0 bridgehead atoms. The molecule has 0 radical (unpaired) electrons. The minimum atomic E-state index is 1.04. The Balaban J connectivity index is 2.32. The fourth-order valence-electron chi connectivity index (χ4n) is 1.11. The van der Waals surface area contributed by atoms with Gasteiger partial charge in [-0.15, -0.1) is 0 Å². The molecule has 0 atom stereocenters. The van der Waals surface area contributed by atoms with Gasteiger partial charge >= 0.3 is 0 Å². The molecule has 1 N–H and O–H groups in total. The van der Waals surface area contributed by atoms with E-state index in [1.165, 1.54) is 12.2 Å². The predicted molar refractivity (Wildman–Crippen MR) is 60.5 cm³/mol. The van der Waals surface area contributed by atoms with E-state index in [2.05, 4.69) is 22.6 Å². The molecule has 0 saturated heterocycles. The van der Waals surface area contributed by atoms with Gasteiger partial charge in [-0.3, -0.25) is 4.98 Å². The molecule has 3 heteroatoms. The second-order valence-electron chi connectivity index (χ2n) is 2.91. The van der Waals surface area contributed by atoms with Crippen molar-refractivity contribution in [1.82, 2.24) is 4.98 Å². The first kappa shape index (κ1) is 10.4. The molecule has 0 saturated carbocycles. The number of hydrogen-bond donors (Lipinski definition) is 1. The maximum Gasteiger partial charge on any atom is 0.0603 e. The van der Waals surface area contributed by atoms with Crippen molar-refractivity contribution < 1.29 is 0 Å². The molecule has 72 valence electrons. The van der Waals surface area contributed by atoms with E-state index < -0.39 is 0 Å². The third kappa shape index (κ3) is 3.68. The maximum absolute atomic E-state index is 4.21. The number of nitrogens with one attached hydrogen (secondary N) is 1. The van der Waals surface area contributed by atoms with Crippen molar-refractivity contribution in [2.75, 3.05) is 23.9 Å². The zero-order valence-electron chi connectivity index (χ0n) is 8.21. The number of pyridine rings is 1. The summed E-state index contributed by atoms with van der Waals surface area (Å²) in [7, 11) is 0. The van der Waals surface area contributed by atoms with Crippen LogP contribution in [0.15, 0.2) is 18.3 Å². The summed E-state index contributed by atoms with van der Waals surface area (Å²) in [5, 5.41) is 3.37. The van der Waals surface area contributed by atoms with Crippen molar-refractivity contribution in [3.8, 4) is 0 Å². The van der Waals surface area contributed by atoms with Crippen molar-refractivity contribution in [2.24, 2.45) is 0 Å². The van der Waals surface area contributed by atoms with Gasteiger partial charge in [0.05, 0.1) is 11.4 Å². The molecule has 0 amide bonds. The summed E-state index contributed by atoms with van der Waals surface area (Å²) in [5.74, 6) is 1.21. The van der Waals surface area contributed by atoms with Crippen LogP contribution in [0.2, 0.25) is 0 Å². The number of thioether (sulfide) groups is 1. The van der Waals surface area contributed by atoms with Crippen LogP contribution >= 0.6 is 11.8 Å². The van der Waals surface area contributed by atoms with E-state index in [9.17, 15) is 0 Å². The number of nitrogens with zero attached hydrogens (tertiary/aromatic N) is 1. The van der Waals surface area contributed by atoms with Crippen LogP contribution in [0.3, 0.4) is 0 Å². The van der Waals surface area contributed by atoms with Gasteiger partial charge in [-0.25, -0.2) is 0 Å².